The molecule has 0 saturated heterocycles. The number of ether oxygens (including phenoxy) is 1. The summed E-state index contributed by atoms with van der Waals surface area (Å²) < 4.78 is 33.0. The van der Waals surface area contributed by atoms with Gasteiger partial charge in [-0.05, 0) is 30.5 Å². The van der Waals surface area contributed by atoms with Crippen LogP contribution in [0.15, 0.2) is 65.6 Å². The van der Waals surface area contributed by atoms with Crippen molar-refractivity contribution in [3.63, 3.8) is 0 Å². The molecule has 2 aromatic carbocycles. The van der Waals surface area contributed by atoms with E-state index in [9.17, 15) is 13.2 Å². The van der Waals surface area contributed by atoms with Gasteiger partial charge in [0, 0.05) is 12.5 Å². The summed E-state index contributed by atoms with van der Waals surface area (Å²) in [5, 5.41) is 0. The largest absolute Gasteiger partial charge is 0.469 e. The standard InChI is InChI=1S/C22H29NO4S/c1-27-22(24)18-12-4-2-3-11-17-21(19-13-7-5-8-14-19)23-28(25,26)20-15-9-6-10-16-20/h5-10,13-16,21,23H,2-4,11-12,17-18H2,1H3. The average Bonchev–Trinajstić information content (AvgIpc) is 2.73. The predicted octanol–water partition coefficient (Wildman–Crippen LogP) is 4.61. The number of carbonyl (C=O) groups excluding carboxylic acids is 1. The summed E-state index contributed by atoms with van der Waals surface area (Å²) in [7, 11) is -2.17. The van der Waals surface area contributed by atoms with Crippen LogP contribution in [-0.4, -0.2) is 21.5 Å². The molecule has 152 valence electrons. The van der Waals surface area contributed by atoms with E-state index in [-0.39, 0.29) is 16.9 Å². The van der Waals surface area contributed by atoms with Crippen LogP contribution in [0.1, 0.15) is 56.6 Å². The fourth-order valence-electron chi connectivity index (χ4n) is 3.08. The molecule has 0 radical (unpaired) electrons. The van der Waals surface area contributed by atoms with Crippen molar-refractivity contribution >= 4 is 16.0 Å². The molecular weight excluding hydrogens is 374 g/mol. The van der Waals surface area contributed by atoms with Gasteiger partial charge in [-0.2, -0.15) is 0 Å². The van der Waals surface area contributed by atoms with Crippen molar-refractivity contribution in [2.45, 2.75) is 55.9 Å². The van der Waals surface area contributed by atoms with Gasteiger partial charge in [-0.25, -0.2) is 13.1 Å². The molecule has 1 unspecified atom stereocenters. The van der Waals surface area contributed by atoms with Crippen molar-refractivity contribution in [3.8, 4) is 0 Å². The van der Waals surface area contributed by atoms with Crippen molar-refractivity contribution in [3.05, 3.63) is 66.2 Å². The molecule has 0 heterocycles. The molecule has 2 aromatic rings. The molecule has 0 saturated carbocycles. The van der Waals surface area contributed by atoms with Crippen LogP contribution in [0.5, 0.6) is 0 Å². The first-order chi connectivity index (χ1) is 13.5. The van der Waals surface area contributed by atoms with Gasteiger partial charge in [0.15, 0.2) is 0 Å². The zero-order valence-electron chi connectivity index (χ0n) is 16.3. The summed E-state index contributed by atoms with van der Waals surface area (Å²) in [6.45, 7) is 0. The number of benzene rings is 2. The Balaban J connectivity index is 1.90. The molecule has 5 nitrogen and oxygen atoms in total. The first-order valence-corrected chi connectivity index (χ1v) is 11.2. The molecule has 0 amide bonds. The molecule has 1 atom stereocenters. The molecule has 0 aromatic heterocycles. The number of rotatable bonds is 12. The number of sulfonamides is 1. The Morgan fingerprint density at radius 2 is 1.46 bits per heavy atom. The number of unbranched alkanes of at least 4 members (excludes halogenated alkanes) is 4. The van der Waals surface area contributed by atoms with Gasteiger partial charge in [-0.1, -0.05) is 74.2 Å². The number of esters is 1. The molecule has 0 fully saturated rings. The van der Waals surface area contributed by atoms with E-state index in [1.54, 1.807) is 30.3 Å². The normalized spacial score (nSPS) is 12.5. The minimum Gasteiger partial charge on any atom is -0.469 e. The van der Waals surface area contributed by atoms with E-state index in [0.717, 1.165) is 44.1 Å². The van der Waals surface area contributed by atoms with Gasteiger partial charge in [-0.15, -0.1) is 0 Å². The van der Waals surface area contributed by atoms with Gasteiger partial charge in [-0.3, -0.25) is 4.79 Å². The third-order valence-corrected chi connectivity index (χ3v) is 6.14. The van der Waals surface area contributed by atoms with E-state index < -0.39 is 10.0 Å². The Morgan fingerprint density at radius 3 is 2.11 bits per heavy atom. The Morgan fingerprint density at radius 1 is 0.893 bits per heavy atom. The maximum absolute atomic E-state index is 12.7. The zero-order valence-corrected chi connectivity index (χ0v) is 17.2. The quantitative estimate of drug-likeness (QED) is 0.415. The van der Waals surface area contributed by atoms with Crippen LogP contribution in [0.25, 0.3) is 0 Å². The first kappa shape index (κ1) is 22.1. The molecule has 0 aliphatic carbocycles. The molecule has 28 heavy (non-hydrogen) atoms. The number of methoxy groups -OCH3 is 1. The molecule has 0 aliphatic heterocycles. The molecule has 0 spiro atoms. The number of carbonyl (C=O) groups is 1. The topological polar surface area (TPSA) is 72.5 Å². The summed E-state index contributed by atoms with van der Waals surface area (Å²) >= 11 is 0. The molecular formula is C22H29NO4S. The maximum atomic E-state index is 12.7. The lowest BCUT2D eigenvalue weighted by atomic mass is 10.0. The SMILES string of the molecule is COC(=O)CCCCCCCC(NS(=O)(=O)c1ccccc1)c1ccccc1. The van der Waals surface area contributed by atoms with E-state index in [1.165, 1.54) is 7.11 Å². The van der Waals surface area contributed by atoms with Crippen LogP contribution in [0.2, 0.25) is 0 Å². The summed E-state index contributed by atoms with van der Waals surface area (Å²) in [6.07, 6.45) is 5.92. The molecule has 6 heteroatoms. The summed E-state index contributed by atoms with van der Waals surface area (Å²) in [6, 6.07) is 17.9. The summed E-state index contributed by atoms with van der Waals surface area (Å²) in [5.41, 5.74) is 0.965. The number of hydrogen-bond donors (Lipinski definition) is 1. The molecule has 1 N–H and O–H groups in total. The van der Waals surface area contributed by atoms with Gasteiger partial charge in [0.25, 0.3) is 0 Å². The number of nitrogens with one attached hydrogen (secondary N) is 1. The maximum Gasteiger partial charge on any atom is 0.305 e. The van der Waals surface area contributed by atoms with E-state index in [4.69, 9.17) is 0 Å². The first-order valence-electron chi connectivity index (χ1n) is 9.72. The lowest BCUT2D eigenvalue weighted by Gasteiger charge is -2.19. The van der Waals surface area contributed by atoms with Gasteiger partial charge in [0.1, 0.15) is 0 Å². The smallest absolute Gasteiger partial charge is 0.305 e. The third kappa shape index (κ3) is 7.44. The molecule has 0 bridgehead atoms. The minimum atomic E-state index is -3.57. The fraction of sp³-hybridized carbons (Fsp3) is 0.409. The Labute approximate surface area is 168 Å². The van der Waals surface area contributed by atoms with E-state index >= 15 is 0 Å². The van der Waals surface area contributed by atoms with Crippen LogP contribution < -0.4 is 4.72 Å². The monoisotopic (exact) mass is 403 g/mol. The lowest BCUT2D eigenvalue weighted by molar-refractivity contribution is -0.140. The van der Waals surface area contributed by atoms with Crippen molar-refractivity contribution in [2.75, 3.05) is 7.11 Å². The summed E-state index contributed by atoms with van der Waals surface area (Å²) in [5.74, 6) is -0.167. The highest BCUT2D eigenvalue weighted by molar-refractivity contribution is 7.89. The predicted molar refractivity (Wildman–Crippen MR) is 110 cm³/mol. The third-order valence-electron chi connectivity index (χ3n) is 4.65. The zero-order chi connectivity index (χ0) is 20.2. The fourth-order valence-corrected chi connectivity index (χ4v) is 4.36. The second-order valence-corrected chi connectivity index (χ2v) is 8.49. The minimum absolute atomic E-state index is 0.167. The second-order valence-electron chi connectivity index (χ2n) is 6.78. The van der Waals surface area contributed by atoms with E-state index in [1.807, 2.05) is 30.3 Å². The van der Waals surface area contributed by atoms with Crippen LogP contribution in [0.3, 0.4) is 0 Å². The molecule has 0 aliphatic rings. The molecule has 2 rings (SSSR count). The Hall–Kier alpha value is -2.18. The van der Waals surface area contributed by atoms with Crippen molar-refractivity contribution in [2.24, 2.45) is 0 Å². The Kier molecular flexibility index (Phi) is 9.17. The summed E-state index contributed by atoms with van der Waals surface area (Å²) in [4.78, 5) is 11.4. The average molecular weight is 404 g/mol. The second kappa shape index (κ2) is 11.6. The number of hydrogen-bond acceptors (Lipinski definition) is 4. The van der Waals surface area contributed by atoms with Gasteiger partial charge < -0.3 is 4.74 Å². The van der Waals surface area contributed by atoms with Crippen LogP contribution >= 0.6 is 0 Å². The van der Waals surface area contributed by atoms with Crippen molar-refractivity contribution in [1.82, 2.24) is 4.72 Å². The highest BCUT2D eigenvalue weighted by Crippen LogP contribution is 2.23. The van der Waals surface area contributed by atoms with Crippen LogP contribution in [0.4, 0.5) is 0 Å². The van der Waals surface area contributed by atoms with Gasteiger partial charge >= 0.3 is 5.97 Å². The highest BCUT2D eigenvalue weighted by atomic mass is 32.2. The van der Waals surface area contributed by atoms with Gasteiger partial charge in [0.2, 0.25) is 10.0 Å². The Bertz CT molecular complexity index is 807. The lowest BCUT2D eigenvalue weighted by Crippen LogP contribution is -2.28. The van der Waals surface area contributed by atoms with Crippen LogP contribution in [-0.2, 0) is 19.6 Å². The van der Waals surface area contributed by atoms with Gasteiger partial charge in [0.05, 0.1) is 12.0 Å². The van der Waals surface area contributed by atoms with Crippen molar-refractivity contribution < 1.29 is 17.9 Å². The van der Waals surface area contributed by atoms with E-state index in [2.05, 4.69) is 9.46 Å². The van der Waals surface area contributed by atoms with E-state index in [0.29, 0.717) is 6.42 Å². The highest BCUT2D eigenvalue weighted by Gasteiger charge is 2.20. The van der Waals surface area contributed by atoms with Crippen LogP contribution in [0, 0.1) is 0 Å². The van der Waals surface area contributed by atoms with Crippen molar-refractivity contribution in [1.29, 1.82) is 0 Å².